The number of aromatic nitrogens is 2. The van der Waals surface area contributed by atoms with Crippen LogP contribution in [-0.2, 0) is 14.6 Å². The molecular formula is C22H17N3O5S3. The lowest BCUT2D eigenvalue weighted by atomic mass is 10.2. The fourth-order valence-electron chi connectivity index (χ4n) is 3.79. The van der Waals surface area contributed by atoms with Crippen LogP contribution in [0.3, 0.4) is 0 Å². The second-order valence-corrected chi connectivity index (χ2v) is 11.5. The van der Waals surface area contributed by atoms with Gasteiger partial charge in [0.25, 0.3) is 11.5 Å². The first-order chi connectivity index (χ1) is 15.8. The van der Waals surface area contributed by atoms with Gasteiger partial charge >= 0.3 is 0 Å². The summed E-state index contributed by atoms with van der Waals surface area (Å²) < 4.78 is 31.3. The van der Waals surface area contributed by atoms with Gasteiger partial charge in [0.15, 0.2) is 9.84 Å². The monoisotopic (exact) mass is 499 g/mol. The summed E-state index contributed by atoms with van der Waals surface area (Å²) in [6.07, 6.45) is 3.35. The molecule has 3 aromatic rings. The zero-order chi connectivity index (χ0) is 23.2. The molecule has 11 heteroatoms. The van der Waals surface area contributed by atoms with Crippen LogP contribution in [0.15, 0.2) is 64.4 Å². The number of para-hydroxylation sites is 1. The normalized spacial score (nSPS) is 21.3. The molecule has 0 saturated carbocycles. The van der Waals surface area contributed by atoms with Gasteiger partial charge in [-0.2, -0.15) is 4.98 Å². The number of fused-ring (bicyclic) bond motifs is 1. The second kappa shape index (κ2) is 8.40. The van der Waals surface area contributed by atoms with E-state index in [9.17, 15) is 18.0 Å². The molecule has 33 heavy (non-hydrogen) atoms. The number of pyridine rings is 1. The number of hydrogen-bond donors (Lipinski definition) is 0. The Morgan fingerprint density at radius 3 is 2.61 bits per heavy atom. The van der Waals surface area contributed by atoms with Crippen molar-refractivity contribution in [1.82, 2.24) is 14.3 Å². The maximum Gasteiger partial charge on any atom is 0.269 e. The van der Waals surface area contributed by atoms with E-state index in [1.807, 2.05) is 6.07 Å². The first-order valence-corrected chi connectivity index (χ1v) is 13.1. The largest absolute Gasteiger partial charge is 0.438 e. The van der Waals surface area contributed by atoms with Crippen molar-refractivity contribution < 1.29 is 17.9 Å². The van der Waals surface area contributed by atoms with Crippen LogP contribution >= 0.6 is 24.0 Å². The number of hydrogen-bond acceptors (Lipinski definition) is 8. The minimum absolute atomic E-state index is 0.0266. The fraction of sp³-hybridized carbons (Fsp3) is 0.182. The Bertz CT molecular complexity index is 1480. The molecular weight excluding hydrogens is 482 g/mol. The number of nitrogens with zero attached hydrogens (tertiary/aromatic N) is 3. The lowest BCUT2D eigenvalue weighted by Crippen LogP contribution is -2.39. The Labute approximate surface area is 198 Å². The molecule has 2 fully saturated rings. The fourth-order valence-corrected chi connectivity index (χ4v) is 6.87. The maximum absolute atomic E-state index is 13.3. The number of rotatable bonds is 4. The number of carbonyl (C=O) groups is 1. The molecule has 168 valence electrons. The topological polar surface area (TPSA) is 98.0 Å². The van der Waals surface area contributed by atoms with E-state index < -0.39 is 27.3 Å². The Morgan fingerprint density at radius 2 is 1.88 bits per heavy atom. The number of thioether (sulfide) groups is 1. The summed E-state index contributed by atoms with van der Waals surface area (Å²) in [7, 11) is -3.19. The van der Waals surface area contributed by atoms with Gasteiger partial charge in [-0.25, -0.2) is 8.42 Å². The second-order valence-electron chi connectivity index (χ2n) is 7.59. The van der Waals surface area contributed by atoms with Gasteiger partial charge in [-0.15, -0.1) is 0 Å². The summed E-state index contributed by atoms with van der Waals surface area (Å²) in [6.45, 7) is 0. The SMILES string of the molecule is O=C1/C(=C\c2c(Oc3ccccc3)nc3ccccn3c2=O)SC(=S)N1C1CCS(=O)(=O)C1. The minimum Gasteiger partial charge on any atom is -0.438 e. The average Bonchev–Trinajstić information content (AvgIpc) is 3.28. The van der Waals surface area contributed by atoms with Crippen LogP contribution < -0.4 is 10.3 Å². The molecule has 1 atom stereocenters. The molecule has 1 aromatic carbocycles. The molecule has 0 aliphatic carbocycles. The molecule has 4 heterocycles. The van der Waals surface area contributed by atoms with Crippen molar-refractivity contribution in [2.75, 3.05) is 11.5 Å². The quantitative estimate of drug-likeness (QED) is 0.399. The smallest absolute Gasteiger partial charge is 0.269 e. The van der Waals surface area contributed by atoms with E-state index in [2.05, 4.69) is 4.98 Å². The maximum atomic E-state index is 13.3. The lowest BCUT2D eigenvalue weighted by Gasteiger charge is -2.20. The van der Waals surface area contributed by atoms with Gasteiger partial charge in [-0.3, -0.25) is 18.9 Å². The van der Waals surface area contributed by atoms with Gasteiger partial charge in [0.2, 0.25) is 5.88 Å². The van der Waals surface area contributed by atoms with E-state index >= 15 is 0 Å². The summed E-state index contributed by atoms with van der Waals surface area (Å²) in [5.41, 5.74) is 0.0941. The number of amides is 1. The van der Waals surface area contributed by atoms with Crippen molar-refractivity contribution in [3.05, 3.63) is 75.6 Å². The molecule has 5 rings (SSSR count). The van der Waals surface area contributed by atoms with Crippen LogP contribution in [0.25, 0.3) is 11.7 Å². The van der Waals surface area contributed by atoms with Crippen molar-refractivity contribution in [2.24, 2.45) is 0 Å². The first-order valence-electron chi connectivity index (χ1n) is 10.0. The molecule has 0 radical (unpaired) electrons. The molecule has 0 spiro atoms. The highest BCUT2D eigenvalue weighted by Crippen LogP contribution is 2.37. The lowest BCUT2D eigenvalue weighted by molar-refractivity contribution is -0.123. The van der Waals surface area contributed by atoms with E-state index in [-0.39, 0.29) is 32.2 Å². The van der Waals surface area contributed by atoms with Gasteiger partial charge in [-0.1, -0.05) is 48.2 Å². The van der Waals surface area contributed by atoms with E-state index in [4.69, 9.17) is 17.0 Å². The van der Waals surface area contributed by atoms with Crippen molar-refractivity contribution in [1.29, 1.82) is 0 Å². The predicted molar refractivity (Wildman–Crippen MR) is 130 cm³/mol. The van der Waals surface area contributed by atoms with E-state index in [1.54, 1.807) is 48.7 Å². The summed E-state index contributed by atoms with van der Waals surface area (Å²) in [5, 5.41) is 0. The summed E-state index contributed by atoms with van der Waals surface area (Å²) >= 11 is 6.41. The third-order valence-corrected chi connectivity index (χ3v) is 8.45. The van der Waals surface area contributed by atoms with E-state index in [0.29, 0.717) is 17.8 Å². The number of ether oxygens (including phenoxy) is 1. The molecule has 2 aliphatic heterocycles. The summed E-state index contributed by atoms with van der Waals surface area (Å²) in [6, 6.07) is 13.5. The number of thiocarbonyl (C=S) groups is 1. The third kappa shape index (κ3) is 4.19. The van der Waals surface area contributed by atoms with Crippen molar-refractivity contribution in [2.45, 2.75) is 12.5 Å². The molecule has 2 aromatic heterocycles. The molecule has 8 nitrogen and oxygen atoms in total. The average molecular weight is 500 g/mol. The van der Waals surface area contributed by atoms with Gasteiger partial charge in [0, 0.05) is 6.20 Å². The Balaban J connectivity index is 1.58. The number of benzene rings is 1. The molecule has 0 N–H and O–H groups in total. The van der Waals surface area contributed by atoms with Crippen LogP contribution in [0.1, 0.15) is 12.0 Å². The first kappa shape index (κ1) is 21.8. The predicted octanol–water partition coefficient (Wildman–Crippen LogP) is 2.88. The van der Waals surface area contributed by atoms with Crippen molar-refractivity contribution in [3.63, 3.8) is 0 Å². The molecule has 2 aliphatic rings. The number of carbonyl (C=O) groups excluding carboxylic acids is 1. The van der Waals surface area contributed by atoms with Crippen LogP contribution in [0.5, 0.6) is 11.6 Å². The molecule has 1 amide bonds. The van der Waals surface area contributed by atoms with Gasteiger partial charge < -0.3 is 4.74 Å². The molecule has 2 saturated heterocycles. The van der Waals surface area contributed by atoms with E-state index in [1.165, 1.54) is 15.4 Å². The van der Waals surface area contributed by atoms with E-state index in [0.717, 1.165) is 11.8 Å². The van der Waals surface area contributed by atoms with Crippen molar-refractivity contribution in [3.8, 4) is 11.6 Å². The van der Waals surface area contributed by atoms with Gasteiger partial charge in [-0.05, 0) is 36.8 Å². The van der Waals surface area contributed by atoms with Crippen LogP contribution in [-0.4, -0.2) is 50.5 Å². The minimum atomic E-state index is -3.19. The Hall–Kier alpha value is -3.02. The van der Waals surface area contributed by atoms with Gasteiger partial charge in [0.1, 0.15) is 21.3 Å². The van der Waals surface area contributed by atoms with Crippen LogP contribution in [0, 0.1) is 0 Å². The summed E-state index contributed by atoms with van der Waals surface area (Å²) in [4.78, 5) is 32.5. The van der Waals surface area contributed by atoms with Crippen LogP contribution in [0.2, 0.25) is 0 Å². The Morgan fingerprint density at radius 1 is 1.12 bits per heavy atom. The molecule has 0 bridgehead atoms. The standard InChI is InChI=1S/C22H17N3O5S3/c26-20-16(12-17-21(27)25(22(31)32-17)14-9-11-33(28,29)13-14)19(30-15-6-2-1-3-7-15)23-18-8-4-5-10-24(18)20/h1-8,10,12,14H,9,11,13H2/b17-12+. The summed E-state index contributed by atoms with van der Waals surface area (Å²) in [5.74, 6) is 0.0399. The third-order valence-electron chi connectivity index (χ3n) is 5.36. The highest BCUT2D eigenvalue weighted by Gasteiger charge is 2.42. The highest BCUT2D eigenvalue weighted by atomic mass is 32.2. The number of sulfone groups is 1. The zero-order valence-corrected chi connectivity index (χ0v) is 19.5. The molecule has 1 unspecified atom stereocenters. The van der Waals surface area contributed by atoms with Gasteiger partial charge in [0.05, 0.1) is 22.5 Å². The zero-order valence-electron chi connectivity index (χ0n) is 17.1. The van der Waals surface area contributed by atoms with Crippen molar-refractivity contribution >= 4 is 55.8 Å². The van der Waals surface area contributed by atoms with Crippen LogP contribution in [0.4, 0.5) is 0 Å². The Kier molecular flexibility index (Phi) is 5.55. The highest BCUT2D eigenvalue weighted by molar-refractivity contribution is 8.26.